The van der Waals surface area contributed by atoms with Crippen molar-refractivity contribution in [2.75, 3.05) is 7.11 Å². The number of aromatic nitrogens is 4. The minimum absolute atomic E-state index is 0.264. The van der Waals surface area contributed by atoms with Crippen molar-refractivity contribution in [1.82, 2.24) is 18.7 Å². The van der Waals surface area contributed by atoms with Crippen LogP contribution >= 0.6 is 0 Å². The van der Waals surface area contributed by atoms with E-state index < -0.39 is 23.7 Å². The lowest BCUT2D eigenvalue weighted by molar-refractivity contribution is -0.118. The standard InChI is InChI=1S/C18H21N5O4/c1-3-8-22-16-15(17(25)23(18(22)26)10-14(19)24)21(11-20-16)9-12-4-6-13(27-2)7-5-12/h4-7,11H,3,8-10H2,1-2H3,(H2,19,24). The first-order valence-corrected chi connectivity index (χ1v) is 8.56. The number of fused-ring (bicyclic) bond motifs is 1. The first kappa shape index (κ1) is 18.4. The lowest BCUT2D eigenvalue weighted by atomic mass is 10.2. The minimum atomic E-state index is -0.752. The average molecular weight is 371 g/mol. The number of aryl methyl sites for hydroxylation is 1. The maximum absolute atomic E-state index is 12.9. The molecule has 0 aliphatic rings. The number of amides is 1. The molecular formula is C18H21N5O4. The molecule has 2 aromatic heterocycles. The van der Waals surface area contributed by atoms with E-state index in [1.165, 1.54) is 10.9 Å². The maximum Gasteiger partial charge on any atom is 0.333 e. The third-order valence-corrected chi connectivity index (χ3v) is 4.26. The van der Waals surface area contributed by atoms with Crippen LogP contribution in [0, 0.1) is 0 Å². The Morgan fingerprint density at radius 2 is 1.89 bits per heavy atom. The second-order valence-corrected chi connectivity index (χ2v) is 6.18. The number of rotatable bonds is 7. The van der Waals surface area contributed by atoms with Crippen LogP contribution in [0.1, 0.15) is 18.9 Å². The van der Waals surface area contributed by atoms with Gasteiger partial charge in [0.15, 0.2) is 11.2 Å². The van der Waals surface area contributed by atoms with Gasteiger partial charge in [-0.25, -0.2) is 14.3 Å². The summed E-state index contributed by atoms with van der Waals surface area (Å²) in [5.74, 6) is -0.0207. The number of nitrogens with zero attached hydrogens (tertiary/aromatic N) is 4. The molecule has 2 heterocycles. The SMILES string of the molecule is CCCn1c(=O)n(CC(N)=O)c(=O)c2c1ncn2Cc1ccc(OC)cc1. The van der Waals surface area contributed by atoms with Crippen LogP contribution in [-0.4, -0.2) is 31.7 Å². The number of ether oxygens (including phenoxy) is 1. The van der Waals surface area contributed by atoms with Gasteiger partial charge in [0, 0.05) is 13.1 Å². The summed E-state index contributed by atoms with van der Waals surface area (Å²) in [7, 11) is 1.59. The summed E-state index contributed by atoms with van der Waals surface area (Å²) >= 11 is 0. The molecule has 0 atom stereocenters. The smallest absolute Gasteiger partial charge is 0.333 e. The van der Waals surface area contributed by atoms with Gasteiger partial charge in [-0.2, -0.15) is 0 Å². The Balaban J connectivity index is 2.16. The van der Waals surface area contributed by atoms with Gasteiger partial charge in [-0.05, 0) is 24.1 Å². The Hall–Kier alpha value is -3.36. The zero-order valence-corrected chi connectivity index (χ0v) is 15.2. The number of carbonyl (C=O) groups excluding carboxylic acids is 1. The molecule has 1 aromatic carbocycles. The fourth-order valence-corrected chi connectivity index (χ4v) is 3.01. The molecule has 0 aliphatic carbocycles. The third-order valence-electron chi connectivity index (χ3n) is 4.26. The molecule has 0 bridgehead atoms. The summed E-state index contributed by atoms with van der Waals surface area (Å²) in [4.78, 5) is 41.1. The van der Waals surface area contributed by atoms with Gasteiger partial charge in [0.25, 0.3) is 5.56 Å². The molecule has 9 nitrogen and oxygen atoms in total. The van der Waals surface area contributed by atoms with Crippen molar-refractivity contribution in [2.45, 2.75) is 33.0 Å². The molecule has 0 fully saturated rings. The Morgan fingerprint density at radius 3 is 2.48 bits per heavy atom. The van der Waals surface area contributed by atoms with Crippen molar-refractivity contribution >= 4 is 17.1 Å². The molecule has 9 heteroatoms. The first-order chi connectivity index (χ1) is 13.0. The van der Waals surface area contributed by atoms with Gasteiger partial charge in [-0.15, -0.1) is 0 Å². The van der Waals surface area contributed by atoms with Gasteiger partial charge >= 0.3 is 5.69 Å². The molecule has 0 spiro atoms. The highest BCUT2D eigenvalue weighted by Gasteiger charge is 2.18. The van der Waals surface area contributed by atoms with Crippen molar-refractivity contribution < 1.29 is 9.53 Å². The van der Waals surface area contributed by atoms with Crippen LogP contribution in [0.5, 0.6) is 5.75 Å². The first-order valence-electron chi connectivity index (χ1n) is 8.56. The van der Waals surface area contributed by atoms with Crippen molar-refractivity contribution in [3.63, 3.8) is 0 Å². The lowest BCUT2D eigenvalue weighted by Gasteiger charge is -2.11. The highest BCUT2D eigenvalue weighted by atomic mass is 16.5. The predicted octanol–water partition coefficient (Wildman–Crippen LogP) is 0.312. The fourth-order valence-electron chi connectivity index (χ4n) is 3.01. The maximum atomic E-state index is 12.9. The number of imidazole rings is 1. The van der Waals surface area contributed by atoms with Gasteiger partial charge in [-0.1, -0.05) is 19.1 Å². The van der Waals surface area contributed by atoms with Gasteiger partial charge < -0.3 is 15.0 Å². The van der Waals surface area contributed by atoms with E-state index in [-0.39, 0.29) is 5.52 Å². The number of benzene rings is 1. The Kier molecular flexibility index (Phi) is 5.11. The molecular weight excluding hydrogens is 350 g/mol. The van der Waals surface area contributed by atoms with Gasteiger partial charge in [0.05, 0.1) is 13.4 Å². The molecule has 0 unspecified atom stereocenters. The van der Waals surface area contributed by atoms with Gasteiger partial charge in [0.1, 0.15) is 12.3 Å². The van der Waals surface area contributed by atoms with Crippen molar-refractivity contribution in [2.24, 2.45) is 5.73 Å². The molecule has 3 rings (SSSR count). The van der Waals surface area contributed by atoms with E-state index in [1.807, 2.05) is 31.2 Å². The zero-order valence-electron chi connectivity index (χ0n) is 15.2. The molecule has 0 radical (unpaired) electrons. The van der Waals surface area contributed by atoms with E-state index in [0.29, 0.717) is 25.2 Å². The van der Waals surface area contributed by atoms with E-state index in [4.69, 9.17) is 10.5 Å². The number of carbonyl (C=O) groups is 1. The van der Waals surface area contributed by atoms with Crippen LogP contribution in [0.4, 0.5) is 0 Å². The number of primary amides is 1. The Morgan fingerprint density at radius 1 is 1.19 bits per heavy atom. The van der Waals surface area contributed by atoms with E-state index in [2.05, 4.69) is 4.98 Å². The zero-order chi connectivity index (χ0) is 19.6. The van der Waals surface area contributed by atoms with Crippen LogP contribution in [0.15, 0.2) is 40.2 Å². The Bertz CT molecular complexity index is 1090. The van der Waals surface area contributed by atoms with Gasteiger partial charge in [0.2, 0.25) is 5.91 Å². The van der Waals surface area contributed by atoms with E-state index >= 15 is 0 Å². The number of methoxy groups -OCH3 is 1. The minimum Gasteiger partial charge on any atom is -0.497 e. The largest absolute Gasteiger partial charge is 0.497 e. The topological polar surface area (TPSA) is 114 Å². The van der Waals surface area contributed by atoms with Crippen LogP contribution in [0.2, 0.25) is 0 Å². The number of hydrogen-bond donors (Lipinski definition) is 1. The lowest BCUT2D eigenvalue weighted by Crippen LogP contribution is -2.43. The highest BCUT2D eigenvalue weighted by molar-refractivity contribution is 5.75. The molecule has 142 valence electrons. The van der Waals surface area contributed by atoms with E-state index in [1.54, 1.807) is 11.7 Å². The molecule has 0 saturated heterocycles. The molecule has 27 heavy (non-hydrogen) atoms. The predicted molar refractivity (Wildman–Crippen MR) is 99.8 cm³/mol. The summed E-state index contributed by atoms with van der Waals surface area (Å²) in [6.07, 6.45) is 2.20. The summed E-state index contributed by atoms with van der Waals surface area (Å²) < 4.78 is 9.09. The van der Waals surface area contributed by atoms with Crippen molar-refractivity contribution in [3.8, 4) is 5.75 Å². The quantitative estimate of drug-likeness (QED) is 0.642. The van der Waals surface area contributed by atoms with Gasteiger partial charge in [-0.3, -0.25) is 14.2 Å². The second kappa shape index (κ2) is 7.48. The van der Waals surface area contributed by atoms with E-state index in [9.17, 15) is 14.4 Å². The van der Waals surface area contributed by atoms with Crippen molar-refractivity contribution in [1.29, 1.82) is 0 Å². The monoisotopic (exact) mass is 371 g/mol. The van der Waals surface area contributed by atoms with Crippen molar-refractivity contribution in [3.05, 3.63) is 57.0 Å². The van der Waals surface area contributed by atoms with Crippen LogP contribution in [0.3, 0.4) is 0 Å². The summed E-state index contributed by atoms with van der Waals surface area (Å²) in [5, 5.41) is 0. The van der Waals surface area contributed by atoms with Crippen LogP contribution < -0.4 is 21.7 Å². The van der Waals surface area contributed by atoms with Crippen LogP contribution in [-0.2, 0) is 24.4 Å². The summed E-state index contributed by atoms with van der Waals surface area (Å²) in [6.45, 7) is 2.21. The summed E-state index contributed by atoms with van der Waals surface area (Å²) in [6, 6.07) is 7.42. The number of nitrogens with two attached hydrogens (primary N) is 1. The fraction of sp³-hybridized carbons (Fsp3) is 0.333. The molecule has 0 aliphatic heterocycles. The molecule has 2 N–H and O–H groups in total. The molecule has 3 aromatic rings. The van der Waals surface area contributed by atoms with Crippen LogP contribution in [0.25, 0.3) is 11.2 Å². The number of hydrogen-bond acceptors (Lipinski definition) is 5. The van der Waals surface area contributed by atoms with E-state index in [0.717, 1.165) is 15.9 Å². The second-order valence-electron chi connectivity index (χ2n) is 6.18. The molecule has 0 saturated carbocycles. The Labute approximate surface area is 154 Å². The highest BCUT2D eigenvalue weighted by Crippen LogP contribution is 2.14. The average Bonchev–Trinajstić information content (AvgIpc) is 3.06. The molecule has 1 amide bonds. The third kappa shape index (κ3) is 3.48. The summed E-state index contributed by atoms with van der Waals surface area (Å²) in [5.41, 5.74) is 5.56. The normalized spacial score (nSPS) is 11.0.